The van der Waals surface area contributed by atoms with Crippen LogP contribution in [0.25, 0.3) is 0 Å². The summed E-state index contributed by atoms with van der Waals surface area (Å²) in [4.78, 5) is 31.2. The van der Waals surface area contributed by atoms with Gasteiger partial charge in [0, 0.05) is 13.1 Å². The van der Waals surface area contributed by atoms with Gasteiger partial charge in [-0.3, -0.25) is 14.2 Å². The molecule has 0 spiro atoms. The largest absolute Gasteiger partial charge is 0.480 e. The van der Waals surface area contributed by atoms with E-state index in [0.29, 0.717) is 23.8 Å². The number of fused-ring (bicyclic) bond motifs is 1. The highest BCUT2D eigenvalue weighted by atomic mass is 19.1. The first-order valence-corrected chi connectivity index (χ1v) is 9.65. The van der Waals surface area contributed by atoms with Crippen molar-refractivity contribution >= 4 is 17.6 Å². The van der Waals surface area contributed by atoms with E-state index in [-0.39, 0.29) is 17.4 Å². The molecule has 1 atom stereocenters. The number of carboxylic acid groups (broad SMARTS) is 1. The molecule has 2 aliphatic heterocycles. The summed E-state index contributed by atoms with van der Waals surface area (Å²) >= 11 is 0. The molecule has 28 heavy (non-hydrogen) atoms. The number of aryl methyl sites for hydroxylation is 1. The number of carbonyl (C=O) groups is 1. The predicted molar refractivity (Wildman–Crippen MR) is 103 cm³/mol. The fraction of sp³-hybridized carbons (Fsp3) is 0.450. The third kappa shape index (κ3) is 3.58. The van der Waals surface area contributed by atoms with Crippen LogP contribution in [0.15, 0.2) is 29.1 Å². The van der Waals surface area contributed by atoms with E-state index in [1.54, 1.807) is 12.1 Å². The Bertz CT molecular complexity index is 936. The number of halogens is 1. The Kier molecular flexibility index (Phi) is 5.02. The first kappa shape index (κ1) is 18.5. The number of aromatic nitrogens is 2. The number of anilines is 2. The van der Waals surface area contributed by atoms with Crippen molar-refractivity contribution < 1.29 is 14.3 Å². The lowest BCUT2D eigenvalue weighted by molar-refractivity contribution is -0.137. The van der Waals surface area contributed by atoms with E-state index in [4.69, 9.17) is 4.98 Å². The van der Waals surface area contributed by atoms with Gasteiger partial charge in [-0.25, -0.2) is 9.37 Å². The van der Waals surface area contributed by atoms with Gasteiger partial charge in [0.05, 0.1) is 11.7 Å². The third-order valence-electron chi connectivity index (χ3n) is 5.42. The molecule has 2 aliphatic rings. The molecule has 4 rings (SSSR count). The standard InChI is InChI=1S/C20H23FN4O3/c21-14-6-4-13(5-7-14)15-8-9-16-18(22-15)19(28)25(12-17(26)27)20(23-16)24-10-2-1-3-11-24/h4-7,15,22H,1-3,8-12H2,(H,26,27). The van der Waals surface area contributed by atoms with Crippen molar-refractivity contribution in [2.75, 3.05) is 23.3 Å². The highest BCUT2D eigenvalue weighted by molar-refractivity contribution is 5.68. The molecule has 7 nitrogen and oxygen atoms in total. The Labute approximate surface area is 161 Å². The number of carboxylic acids is 1. The minimum Gasteiger partial charge on any atom is -0.480 e. The van der Waals surface area contributed by atoms with Crippen molar-refractivity contribution in [1.29, 1.82) is 0 Å². The molecule has 8 heteroatoms. The first-order valence-electron chi connectivity index (χ1n) is 9.65. The van der Waals surface area contributed by atoms with E-state index in [0.717, 1.165) is 44.3 Å². The van der Waals surface area contributed by atoms with Crippen LogP contribution in [0.2, 0.25) is 0 Å². The zero-order valence-corrected chi connectivity index (χ0v) is 15.5. The molecule has 0 radical (unpaired) electrons. The van der Waals surface area contributed by atoms with Crippen molar-refractivity contribution in [3.05, 3.63) is 51.7 Å². The Morgan fingerprint density at radius 3 is 2.61 bits per heavy atom. The fourth-order valence-electron chi connectivity index (χ4n) is 4.00. The van der Waals surface area contributed by atoms with Gasteiger partial charge < -0.3 is 15.3 Å². The summed E-state index contributed by atoms with van der Waals surface area (Å²) in [7, 11) is 0. The molecule has 1 fully saturated rings. The van der Waals surface area contributed by atoms with E-state index < -0.39 is 12.5 Å². The normalized spacial score (nSPS) is 19.0. The van der Waals surface area contributed by atoms with Crippen molar-refractivity contribution in [1.82, 2.24) is 9.55 Å². The molecule has 3 heterocycles. The molecule has 1 aromatic heterocycles. The maximum absolute atomic E-state index is 13.2. The van der Waals surface area contributed by atoms with Gasteiger partial charge in [-0.1, -0.05) is 12.1 Å². The average Bonchev–Trinajstić information content (AvgIpc) is 2.71. The Hall–Kier alpha value is -2.90. The molecule has 0 saturated carbocycles. The lowest BCUT2D eigenvalue weighted by Crippen LogP contribution is -2.40. The van der Waals surface area contributed by atoms with Crippen LogP contribution in [0.1, 0.15) is 43.0 Å². The summed E-state index contributed by atoms with van der Waals surface area (Å²) in [5.74, 6) is -0.933. The molecule has 2 aromatic rings. The van der Waals surface area contributed by atoms with Crippen LogP contribution in [-0.4, -0.2) is 33.7 Å². The van der Waals surface area contributed by atoms with Gasteiger partial charge in [0.2, 0.25) is 5.95 Å². The number of hydrogen-bond acceptors (Lipinski definition) is 5. The molecular weight excluding hydrogens is 363 g/mol. The van der Waals surface area contributed by atoms with Gasteiger partial charge in [0.15, 0.2) is 0 Å². The van der Waals surface area contributed by atoms with Crippen molar-refractivity contribution in [3.63, 3.8) is 0 Å². The van der Waals surface area contributed by atoms with Crippen molar-refractivity contribution in [3.8, 4) is 0 Å². The second kappa shape index (κ2) is 7.61. The maximum atomic E-state index is 13.2. The van der Waals surface area contributed by atoms with Crippen LogP contribution in [0.4, 0.5) is 16.0 Å². The maximum Gasteiger partial charge on any atom is 0.323 e. The molecule has 148 valence electrons. The van der Waals surface area contributed by atoms with Crippen LogP contribution in [0.3, 0.4) is 0 Å². The van der Waals surface area contributed by atoms with E-state index in [1.165, 1.54) is 16.7 Å². The number of piperidine rings is 1. The summed E-state index contributed by atoms with van der Waals surface area (Å²) in [6.07, 6.45) is 4.48. The first-order chi connectivity index (χ1) is 13.5. The zero-order chi connectivity index (χ0) is 19.7. The predicted octanol–water partition coefficient (Wildman–Crippen LogP) is 2.56. The summed E-state index contributed by atoms with van der Waals surface area (Å²) in [6.45, 7) is 1.13. The molecular formula is C20H23FN4O3. The van der Waals surface area contributed by atoms with Gasteiger partial charge >= 0.3 is 5.97 Å². The second-order valence-electron chi connectivity index (χ2n) is 7.35. The van der Waals surface area contributed by atoms with E-state index in [2.05, 4.69) is 5.32 Å². The van der Waals surface area contributed by atoms with Crippen molar-refractivity contribution in [2.45, 2.75) is 44.7 Å². The number of rotatable bonds is 4. The second-order valence-corrected chi connectivity index (χ2v) is 7.35. The lowest BCUT2D eigenvalue weighted by Gasteiger charge is -2.32. The Balaban J connectivity index is 1.72. The summed E-state index contributed by atoms with van der Waals surface area (Å²) in [5.41, 5.74) is 1.55. The quantitative estimate of drug-likeness (QED) is 0.840. The van der Waals surface area contributed by atoms with Crippen molar-refractivity contribution in [2.24, 2.45) is 0 Å². The minimum atomic E-state index is -1.08. The number of benzene rings is 1. The number of aliphatic carboxylic acids is 1. The van der Waals surface area contributed by atoms with E-state index in [1.807, 2.05) is 4.90 Å². The number of nitrogens with one attached hydrogen (secondary N) is 1. The highest BCUT2D eigenvalue weighted by Gasteiger charge is 2.28. The minimum absolute atomic E-state index is 0.137. The molecule has 0 aliphatic carbocycles. The Morgan fingerprint density at radius 2 is 1.93 bits per heavy atom. The smallest absolute Gasteiger partial charge is 0.323 e. The van der Waals surface area contributed by atoms with Crippen LogP contribution in [0, 0.1) is 5.82 Å². The highest BCUT2D eigenvalue weighted by Crippen LogP contribution is 2.31. The molecule has 0 bridgehead atoms. The van der Waals surface area contributed by atoms with Crippen LogP contribution in [-0.2, 0) is 17.8 Å². The van der Waals surface area contributed by atoms with Gasteiger partial charge in [-0.05, 0) is 49.8 Å². The molecule has 1 saturated heterocycles. The molecule has 1 unspecified atom stereocenters. The molecule has 1 aromatic carbocycles. The van der Waals surface area contributed by atoms with Crippen LogP contribution < -0.4 is 15.8 Å². The lowest BCUT2D eigenvalue weighted by atomic mass is 9.96. The average molecular weight is 386 g/mol. The number of hydrogen-bond donors (Lipinski definition) is 2. The van der Waals surface area contributed by atoms with Gasteiger partial charge in [0.1, 0.15) is 18.0 Å². The van der Waals surface area contributed by atoms with E-state index in [9.17, 15) is 19.1 Å². The fourth-order valence-corrected chi connectivity index (χ4v) is 4.00. The van der Waals surface area contributed by atoms with Crippen LogP contribution in [0.5, 0.6) is 0 Å². The van der Waals surface area contributed by atoms with Gasteiger partial charge in [0.25, 0.3) is 5.56 Å². The zero-order valence-electron chi connectivity index (χ0n) is 15.5. The topological polar surface area (TPSA) is 87.5 Å². The van der Waals surface area contributed by atoms with Gasteiger partial charge in [-0.2, -0.15) is 0 Å². The summed E-state index contributed by atoms with van der Waals surface area (Å²) < 4.78 is 14.5. The number of nitrogens with zero attached hydrogens (tertiary/aromatic N) is 3. The monoisotopic (exact) mass is 386 g/mol. The molecule has 0 amide bonds. The van der Waals surface area contributed by atoms with E-state index >= 15 is 0 Å². The Morgan fingerprint density at radius 1 is 1.21 bits per heavy atom. The summed E-state index contributed by atoms with van der Waals surface area (Å²) in [6, 6.07) is 6.05. The van der Waals surface area contributed by atoms with Gasteiger partial charge in [-0.15, -0.1) is 0 Å². The third-order valence-corrected chi connectivity index (χ3v) is 5.42. The molecule has 2 N–H and O–H groups in total. The SMILES string of the molecule is O=C(O)Cn1c(N2CCCCC2)nc2c(c1=O)NC(c1ccc(F)cc1)CC2. The summed E-state index contributed by atoms with van der Waals surface area (Å²) in [5, 5.41) is 12.5. The van der Waals surface area contributed by atoms with Crippen LogP contribution >= 0.6 is 0 Å².